The molecule has 1 heterocycles. The summed E-state index contributed by atoms with van der Waals surface area (Å²) in [6.45, 7) is 0. The van der Waals surface area contributed by atoms with Crippen molar-refractivity contribution in [1.29, 1.82) is 5.26 Å². The highest BCUT2D eigenvalue weighted by molar-refractivity contribution is 5.33. The number of hydrogen-bond donors (Lipinski definition) is 1. The van der Waals surface area contributed by atoms with E-state index in [-0.39, 0.29) is 0 Å². The van der Waals surface area contributed by atoms with E-state index in [1.807, 2.05) is 30.5 Å². The lowest BCUT2D eigenvalue weighted by molar-refractivity contribution is 1.09. The molecule has 0 amide bonds. The highest BCUT2D eigenvalue weighted by atomic mass is 15.1. The number of rotatable bonds is 2. The lowest BCUT2D eigenvalue weighted by Gasteiger charge is -1.97. The largest absolute Gasteiger partial charge is 0.285 e. The van der Waals surface area contributed by atoms with Gasteiger partial charge in [0.15, 0.2) is 0 Å². The Labute approximate surface area is 82.0 Å². The molecule has 68 valence electrons. The maximum atomic E-state index is 8.62. The van der Waals surface area contributed by atoms with Gasteiger partial charge >= 0.3 is 0 Å². The van der Waals surface area contributed by atoms with Gasteiger partial charge in [-0.2, -0.15) is 10.4 Å². The van der Waals surface area contributed by atoms with Crippen molar-refractivity contribution in [3.05, 3.63) is 53.3 Å². The number of nitriles is 1. The van der Waals surface area contributed by atoms with Crippen LogP contribution in [0.15, 0.2) is 36.7 Å². The SMILES string of the molecule is N#Cc1ccc(Cc2cn[nH]c2)cc1. The molecule has 0 aliphatic carbocycles. The van der Waals surface area contributed by atoms with Crippen molar-refractivity contribution < 1.29 is 0 Å². The molecule has 0 saturated heterocycles. The van der Waals surface area contributed by atoms with Crippen LogP contribution in [0.4, 0.5) is 0 Å². The average Bonchev–Trinajstić information content (AvgIpc) is 2.72. The molecular formula is C11H9N3. The fourth-order valence-corrected chi connectivity index (χ4v) is 1.31. The van der Waals surface area contributed by atoms with Gasteiger partial charge in [-0.05, 0) is 23.3 Å². The third-order valence-corrected chi connectivity index (χ3v) is 2.05. The van der Waals surface area contributed by atoms with Crippen LogP contribution in [0, 0.1) is 11.3 Å². The topological polar surface area (TPSA) is 52.5 Å². The first-order valence-corrected chi connectivity index (χ1v) is 4.35. The van der Waals surface area contributed by atoms with Crippen LogP contribution in [-0.4, -0.2) is 10.2 Å². The molecule has 0 saturated carbocycles. The molecular weight excluding hydrogens is 174 g/mol. The van der Waals surface area contributed by atoms with Crippen molar-refractivity contribution in [2.24, 2.45) is 0 Å². The van der Waals surface area contributed by atoms with Crippen LogP contribution in [0.25, 0.3) is 0 Å². The number of nitrogens with zero attached hydrogens (tertiary/aromatic N) is 2. The Morgan fingerprint density at radius 2 is 2.00 bits per heavy atom. The van der Waals surface area contributed by atoms with Gasteiger partial charge in [-0.1, -0.05) is 12.1 Å². The Morgan fingerprint density at radius 1 is 1.21 bits per heavy atom. The second-order valence-corrected chi connectivity index (χ2v) is 3.09. The number of aromatic nitrogens is 2. The molecule has 3 nitrogen and oxygen atoms in total. The molecule has 0 bridgehead atoms. The number of benzene rings is 1. The summed E-state index contributed by atoms with van der Waals surface area (Å²) in [5, 5.41) is 15.3. The van der Waals surface area contributed by atoms with Gasteiger partial charge in [0, 0.05) is 12.6 Å². The molecule has 0 fully saturated rings. The van der Waals surface area contributed by atoms with Crippen molar-refractivity contribution in [2.45, 2.75) is 6.42 Å². The molecule has 0 aliphatic rings. The summed E-state index contributed by atoms with van der Waals surface area (Å²) in [4.78, 5) is 0. The normalized spacial score (nSPS) is 9.64. The van der Waals surface area contributed by atoms with E-state index in [1.165, 1.54) is 5.56 Å². The lowest BCUT2D eigenvalue weighted by Crippen LogP contribution is -1.85. The molecule has 0 aliphatic heterocycles. The van der Waals surface area contributed by atoms with Crippen molar-refractivity contribution in [2.75, 3.05) is 0 Å². The summed E-state index contributed by atoms with van der Waals surface area (Å²) in [5.41, 5.74) is 3.03. The van der Waals surface area contributed by atoms with Crippen molar-refractivity contribution in [3.8, 4) is 6.07 Å². The highest BCUT2D eigenvalue weighted by Gasteiger charge is 1.97. The van der Waals surface area contributed by atoms with Crippen LogP contribution in [0.5, 0.6) is 0 Å². The van der Waals surface area contributed by atoms with Gasteiger partial charge in [-0.15, -0.1) is 0 Å². The Hall–Kier alpha value is -2.08. The molecule has 0 atom stereocenters. The van der Waals surface area contributed by atoms with E-state index in [1.54, 1.807) is 6.20 Å². The lowest BCUT2D eigenvalue weighted by atomic mass is 10.1. The third kappa shape index (κ3) is 1.80. The Balaban J connectivity index is 2.15. The highest BCUT2D eigenvalue weighted by Crippen LogP contribution is 2.08. The third-order valence-electron chi connectivity index (χ3n) is 2.05. The van der Waals surface area contributed by atoms with Crippen molar-refractivity contribution in [1.82, 2.24) is 10.2 Å². The van der Waals surface area contributed by atoms with Gasteiger partial charge in [-0.25, -0.2) is 0 Å². The predicted molar refractivity (Wildman–Crippen MR) is 52.6 cm³/mol. The number of aromatic amines is 1. The number of hydrogen-bond acceptors (Lipinski definition) is 2. The Morgan fingerprint density at radius 3 is 2.57 bits per heavy atom. The first kappa shape index (κ1) is 8.52. The zero-order valence-electron chi connectivity index (χ0n) is 7.57. The van der Waals surface area contributed by atoms with Crippen LogP contribution in [0.2, 0.25) is 0 Å². The van der Waals surface area contributed by atoms with E-state index >= 15 is 0 Å². The van der Waals surface area contributed by atoms with E-state index in [4.69, 9.17) is 5.26 Å². The zero-order chi connectivity index (χ0) is 9.80. The second-order valence-electron chi connectivity index (χ2n) is 3.09. The minimum absolute atomic E-state index is 0.695. The summed E-state index contributed by atoms with van der Waals surface area (Å²) >= 11 is 0. The first-order valence-electron chi connectivity index (χ1n) is 4.35. The quantitative estimate of drug-likeness (QED) is 0.772. The Bertz CT molecular complexity index is 434. The Kier molecular flexibility index (Phi) is 2.28. The summed E-state index contributed by atoms with van der Waals surface area (Å²) in [5.74, 6) is 0. The summed E-state index contributed by atoms with van der Waals surface area (Å²) < 4.78 is 0. The van der Waals surface area contributed by atoms with Gasteiger partial charge in [-0.3, -0.25) is 5.10 Å². The molecule has 0 spiro atoms. The van der Waals surface area contributed by atoms with Gasteiger partial charge < -0.3 is 0 Å². The first-order chi connectivity index (χ1) is 6.88. The van der Waals surface area contributed by atoms with Gasteiger partial charge in [0.2, 0.25) is 0 Å². The molecule has 1 aromatic carbocycles. The van der Waals surface area contributed by atoms with E-state index in [0.717, 1.165) is 12.0 Å². The predicted octanol–water partition coefficient (Wildman–Crippen LogP) is 1.87. The van der Waals surface area contributed by atoms with E-state index in [2.05, 4.69) is 16.3 Å². The fourth-order valence-electron chi connectivity index (χ4n) is 1.31. The smallest absolute Gasteiger partial charge is 0.0991 e. The molecule has 2 aromatic rings. The number of nitrogens with one attached hydrogen (secondary N) is 1. The maximum absolute atomic E-state index is 8.62. The molecule has 1 aromatic heterocycles. The monoisotopic (exact) mass is 183 g/mol. The van der Waals surface area contributed by atoms with Crippen LogP contribution in [0.3, 0.4) is 0 Å². The minimum Gasteiger partial charge on any atom is -0.285 e. The molecule has 0 unspecified atom stereocenters. The van der Waals surface area contributed by atoms with Gasteiger partial charge in [0.1, 0.15) is 0 Å². The van der Waals surface area contributed by atoms with Gasteiger partial charge in [0.25, 0.3) is 0 Å². The molecule has 14 heavy (non-hydrogen) atoms. The molecule has 0 radical (unpaired) electrons. The second kappa shape index (κ2) is 3.75. The molecule has 2 rings (SSSR count). The van der Waals surface area contributed by atoms with Crippen LogP contribution in [-0.2, 0) is 6.42 Å². The standard InChI is InChI=1S/C11H9N3/c12-6-10-3-1-9(2-4-10)5-11-7-13-14-8-11/h1-4,7-8H,5H2,(H,13,14). The average molecular weight is 183 g/mol. The number of H-pyrrole nitrogens is 1. The maximum Gasteiger partial charge on any atom is 0.0991 e. The van der Waals surface area contributed by atoms with Gasteiger partial charge in [0.05, 0.1) is 17.8 Å². The summed E-state index contributed by atoms with van der Waals surface area (Å²) in [6.07, 6.45) is 4.53. The minimum atomic E-state index is 0.695. The molecule has 3 heteroatoms. The molecule has 1 N–H and O–H groups in total. The van der Waals surface area contributed by atoms with Crippen LogP contribution >= 0.6 is 0 Å². The fraction of sp³-hybridized carbons (Fsp3) is 0.0909. The van der Waals surface area contributed by atoms with E-state index < -0.39 is 0 Å². The van der Waals surface area contributed by atoms with Crippen LogP contribution < -0.4 is 0 Å². The van der Waals surface area contributed by atoms with E-state index in [0.29, 0.717) is 5.56 Å². The van der Waals surface area contributed by atoms with E-state index in [9.17, 15) is 0 Å². The van der Waals surface area contributed by atoms with Crippen LogP contribution in [0.1, 0.15) is 16.7 Å². The summed E-state index contributed by atoms with van der Waals surface area (Å²) in [6, 6.07) is 9.68. The zero-order valence-corrected chi connectivity index (χ0v) is 7.57. The van der Waals surface area contributed by atoms with Crippen molar-refractivity contribution >= 4 is 0 Å². The summed E-state index contributed by atoms with van der Waals surface area (Å²) in [7, 11) is 0. The van der Waals surface area contributed by atoms with Crippen molar-refractivity contribution in [3.63, 3.8) is 0 Å².